The Bertz CT molecular complexity index is 514. The first-order valence-corrected chi connectivity index (χ1v) is 6.31. The van der Waals surface area contributed by atoms with Crippen molar-refractivity contribution in [2.24, 2.45) is 0 Å². The summed E-state index contributed by atoms with van der Waals surface area (Å²) < 4.78 is 20.2. The molecule has 1 aromatic carbocycles. The number of benzene rings is 1. The molecule has 0 saturated carbocycles. The minimum Gasteiger partial charge on any atom is -0.496 e. The van der Waals surface area contributed by atoms with Crippen molar-refractivity contribution >= 4 is 11.9 Å². The first-order valence-electron chi connectivity index (χ1n) is 6.31. The monoisotopic (exact) mass is 297 g/mol. The van der Waals surface area contributed by atoms with Crippen LogP contribution in [-0.4, -0.2) is 46.4 Å². The molecular weight excluding hydrogens is 278 g/mol. The predicted octanol–water partition coefficient (Wildman–Crippen LogP) is 1.01. The maximum absolute atomic E-state index is 12.1. The van der Waals surface area contributed by atoms with Gasteiger partial charge in [0, 0.05) is 12.1 Å². The average Bonchev–Trinajstić information content (AvgIpc) is 2.51. The molecule has 0 aliphatic carbocycles. The number of hydrogen-bond acceptors (Lipinski definition) is 6. The first-order chi connectivity index (χ1) is 10.1. The van der Waals surface area contributed by atoms with Crippen LogP contribution in [0.4, 0.5) is 0 Å². The Morgan fingerprint density at radius 1 is 1.00 bits per heavy atom. The summed E-state index contributed by atoms with van der Waals surface area (Å²) in [6.45, 7) is 1.73. The molecule has 0 unspecified atom stereocenters. The van der Waals surface area contributed by atoms with E-state index in [1.165, 1.54) is 33.5 Å². The molecule has 0 spiro atoms. The highest BCUT2D eigenvalue weighted by molar-refractivity contribution is 5.99. The molecule has 21 heavy (non-hydrogen) atoms. The molecular formula is C14H19NO6. The van der Waals surface area contributed by atoms with Gasteiger partial charge in [-0.1, -0.05) is 0 Å². The lowest BCUT2D eigenvalue weighted by molar-refractivity contribution is -0.141. The van der Waals surface area contributed by atoms with Crippen molar-refractivity contribution in [3.8, 4) is 17.2 Å². The molecule has 0 aliphatic heterocycles. The topological polar surface area (TPSA) is 83.1 Å². The number of esters is 1. The third-order valence-electron chi connectivity index (χ3n) is 2.65. The number of hydrogen-bond donors (Lipinski definition) is 1. The zero-order chi connectivity index (χ0) is 15.8. The molecule has 1 amide bonds. The van der Waals surface area contributed by atoms with Gasteiger partial charge in [-0.15, -0.1) is 0 Å². The summed E-state index contributed by atoms with van der Waals surface area (Å²) in [7, 11) is 4.38. The van der Waals surface area contributed by atoms with E-state index >= 15 is 0 Å². The van der Waals surface area contributed by atoms with Crippen LogP contribution in [0.25, 0.3) is 0 Å². The second kappa shape index (κ2) is 7.98. The van der Waals surface area contributed by atoms with Gasteiger partial charge in [0.1, 0.15) is 12.3 Å². The number of methoxy groups -OCH3 is 3. The Hall–Kier alpha value is -2.44. The van der Waals surface area contributed by atoms with Gasteiger partial charge in [-0.3, -0.25) is 9.59 Å². The molecule has 0 aromatic heterocycles. The van der Waals surface area contributed by atoms with Gasteiger partial charge in [0.25, 0.3) is 5.91 Å². The molecule has 0 fully saturated rings. The van der Waals surface area contributed by atoms with Crippen molar-refractivity contribution < 1.29 is 28.5 Å². The van der Waals surface area contributed by atoms with E-state index in [2.05, 4.69) is 5.32 Å². The van der Waals surface area contributed by atoms with E-state index in [1.807, 2.05) is 0 Å². The normalized spacial score (nSPS) is 9.71. The Balaban J connectivity index is 2.94. The van der Waals surface area contributed by atoms with Crippen molar-refractivity contribution in [1.82, 2.24) is 5.32 Å². The second-order valence-corrected chi connectivity index (χ2v) is 3.90. The van der Waals surface area contributed by atoms with E-state index in [-0.39, 0.29) is 18.7 Å². The molecule has 1 rings (SSSR count). The standard InChI is InChI=1S/C14H19NO6/c1-5-21-13(16)8-15-14(17)9-6-11(19-3)12(20-4)7-10(9)18-2/h6-7H,5,8H2,1-4H3,(H,15,17). The van der Waals surface area contributed by atoms with Gasteiger partial charge < -0.3 is 24.3 Å². The van der Waals surface area contributed by atoms with Crippen LogP contribution < -0.4 is 19.5 Å². The molecule has 0 saturated heterocycles. The summed E-state index contributed by atoms with van der Waals surface area (Å²) in [6, 6.07) is 3.02. The highest BCUT2D eigenvalue weighted by atomic mass is 16.5. The smallest absolute Gasteiger partial charge is 0.325 e. The highest BCUT2D eigenvalue weighted by Crippen LogP contribution is 2.34. The minimum atomic E-state index is -0.509. The summed E-state index contributed by atoms with van der Waals surface area (Å²) in [5.74, 6) is 0.163. The van der Waals surface area contributed by atoms with Crippen LogP contribution in [0.15, 0.2) is 12.1 Å². The van der Waals surface area contributed by atoms with E-state index in [4.69, 9.17) is 18.9 Å². The van der Waals surface area contributed by atoms with Gasteiger partial charge in [-0.05, 0) is 6.92 Å². The number of rotatable bonds is 7. The molecule has 7 heteroatoms. The summed E-state index contributed by atoms with van der Waals surface area (Å²) in [4.78, 5) is 23.3. The zero-order valence-corrected chi connectivity index (χ0v) is 12.5. The number of amides is 1. The Kier molecular flexibility index (Phi) is 6.32. The second-order valence-electron chi connectivity index (χ2n) is 3.90. The van der Waals surface area contributed by atoms with Crippen LogP contribution in [0.1, 0.15) is 17.3 Å². The van der Waals surface area contributed by atoms with Gasteiger partial charge in [-0.2, -0.15) is 0 Å². The van der Waals surface area contributed by atoms with Crippen LogP contribution in [0.3, 0.4) is 0 Å². The molecule has 7 nitrogen and oxygen atoms in total. The Morgan fingerprint density at radius 3 is 2.10 bits per heavy atom. The molecule has 0 heterocycles. The number of carbonyl (C=O) groups excluding carboxylic acids is 2. The van der Waals surface area contributed by atoms with E-state index < -0.39 is 11.9 Å². The fourth-order valence-electron chi connectivity index (χ4n) is 1.67. The zero-order valence-electron chi connectivity index (χ0n) is 12.5. The largest absolute Gasteiger partial charge is 0.496 e. The van der Waals surface area contributed by atoms with E-state index in [0.29, 0.717) is 17.2 Å². The van der Waals surface area contributed by atoms with Crippen LogP contribution in [-0.2, 0) is 9.53 Å². The quantitative estimate of drug-likeness (QED) is 0.756. The Labute approximate surface area is 123 Å². The van der Waals surface area contributed by atoms with Gasteiger partial charge in [0.15, 0.2) is 11.5 Å². The predicted molar refractivity (Wildman–Crippen MR) is 75.1 cm³/mol. The van der Waals surface area contributed by atoms with Crippen LogP contribution in [0.5, 0.6) is 17.2 Å². The lowest BCUT2D eigenvalue weighted by atomic mass is 10.1. The van der Waals surface area contributed by atoms with Crippen molar-refractivity contribution in [1.29, 1.82) is 0 Å². The summed E-state index contributed by atoms with van der Waals surface area (Å²) in [5, 5.41) is 2.46. The maximum Gasteiger partial charge on any atom is 0.325 e. The fourth-order valence-corrected chi connectivity index (χ4v) is 1.67. The van der Waals surface area contributed by atoms with Crippen LogP contribution in [0.2, 0.25) is 0 Å². The SMILES string of the molecule is CCOC(=O)CNC(=O)c1cc(OC)c(OC)cc1OC. The molecule has 0 aliphatic rings. The summed E-state index contributed by atoms with van der Waals surface area (Å²) >= 11 is 0. The Morgan fingerprint density at radius 2 is 1.57 bits per heavy atom. The van der Waals surface area contributed by atoms with E-state index in [0.717, 1.165) is 0 Å². The van der Waals surface area contributed by atoms with E-state index in [9.17, 15) is 9.59 Å². The molecule has 116 valence electrons. The average molecular weight is 297 g/mol. The molecule has 0 bridgehead atoms. The van der Waals surface area contributed by atoms with Crippen molar-refractivity contribution in [3.63, 3.8) is 0 Å². The van der Waals surface area contributed by atoms with Crippen molar-refractivity contribution in [2.45, 2.75) is 6.92 Å². The number of nitrogens with one attached hydrogen (secondary N) is 1. The minimum absolute atomic E-state index is 0.218. The van der Waals surface area contributed by atoms with Crippen LogP contribution in [0, 0.1) is 0 Å². The molecule has 0 atom stereocenters. The van der Waals surface area contributed by atoms with Crippen molar-refractivity contribution in [2.75, 3.05) is 34.5 Å². The van der Waals surface area contributed by atoms with Crippen molar-refractivity contribution in [3.05, 3.63) is 17.7 Å². The molecule has 1 aromatic rings. The highest BCUT2D eigenvalue weighted by Gasteiger charge is 2.18. The van der Waals surface area contributed by atoms with Crippen LogP contribution >= 0.6 is 0 Å². The molecule has 0 radical (unpaired) electrons. The van der Waals surface area contributed by atoms with Gasteiger partial charge >= 0.3 is 5.97 Å². The third kappa shape index (κ3) is 4.27. The lowest BCUT2D eigenvalue weighted by Gasteiger charge is -2.13. The van der Waals surface area contributed by atoms with Gasteiger partial charge in [0.2, 0.25) is 0 Å². The van der Waals surface area contributed by atoms with Gasteiger partial charge in [-0.25, -0.2) is 0 Å². The summed E-state index contributed by atoms with van der Waals surface area (Å²) in [5.41, 5.74) is 0.236. The van der Waals surface area contributed by atoms with E-state index in [1.54, 1.807) is 6.92 Å². The number of ether oxygens (including phenoxy) is 4. The first kappa shape index (κ1) is 16.6. The summed E-state index contributed by atoms with van der Waals surface area (Å²) in [6.07, 6.45) is 0. The number of carbonyl (C=O) groups is 2. The van der Waals surface area contributed by atoms with Gasteiger partial charge in [0.05, 0.1) is 33.5 Å². The maximum atomic E-state index is 12.1. The third-order valence-corrected chi connectivity index (χ3v) is 2.65. The molecule has 1 N–H and O–H groups in total. The lowest BCUT2D eigenvalue weighted by Crippen LogP contribution is -2.30. The fraction of sp³-hybridized carbons (Fsp3) is 0.429.